The maximum atomic E-state index is 12.7. The van der Waals surface area contributed by atoms with Crippen LogP contribution in [0.1, 0.15) is 28.8 Å². The minimum atomic E-state index is -0.139. The van der Waals surface area contributed by atoms with E-state index in [1.807, 2.05) is 48.5 Å². The average Bonchev–Trinajstić information content (AvgIpc) is 2.72. The Morgan fingerprint density at radius 3 is 2.15 bits per heavy atom. The summed E-state index contributed by atoms with van der Waals surface area (Å²) in [5.41, 5.74) is 1.60. The van der Waals surface area contributed by atoms with Crippen molar-refractivity contribution in [2.75, 3.05) is 11.9 Å². The lowest BCUT2D eigenvalue weighted by Gasteiger charge is -2.11. The maximum Gasteiger partial charge on any atom is 0.224 e. The number of carbonyl (C=O) groups excluding carboxylic acids is 2. The van der Waals surface area contributed by atoms with Gasteiger partial charge in [-0.25, -0.2) is 0 Å². The van der Waals surface area contributed by atoms with Crippen LogP contribution in [0.15, 0.2) is 84.9 Å². The average molecular weight is 359 g/mol. The number of hydrogen-bond acceptors (Lipinski definition) is 3. The lowest BCUT2D eigenvalue weighted by Crippen LogP contribution is -2.15. The molecular formula is C23H21NO3. The summed E-state index contributed by atoms with van der Waals surface area (Å²) in [6.45, 7) is 0.460. The Bertz CT molecular complexity index is 892. The minimum absolute atomic E-state index is 0.112. The van der Waals surface area contributed by atoms with E-state index < -0.39 is 0 Å². The Morgan fingerprint density at radius 2 is 1.41 bits per heavy atom. The van der Waals surface area contributed by atoms with Crippen molar-refractivity contribution in [2.24, 2.45) is 0 Å². The van der Waals surface area contributed by atoms with Crippen LogP contribution < -0.4 is 10.1 Å². The van der Waals surface area contributed by atoms with Crippen LogP contribution in [0.3, 0.4) is 0 Å². The van der Waals surface area contributed by atoms with Gasteiger partial charge in [0.05, 0.1) is 12.3 Å². The summed E-state index contributed by atoms with van der Waals surface area (Å²) in [5, 5.41) is 2.84. The molecular weight excluding hydrogens is 338 g/mol. The Labute approximate surface area is 158 Å². The van der Waals surface area contributed by atoms with Crippen LogP contribution in [0, 0.1) is 0 Å². The summed E-state index contributed by atoms with van der Waals surface area (Å²) in [5.74, 6) is 0.538. The first-order valence-electron chi connectivity index (χ1n) is 8.90. The highest BCUT2D eigenvalue weighted by molar-refractivity contribution is 6.13. The molecule has 0 fully saturated rings. The van der Waals surface area contributed by atoms with Gasteiger partial charge in [-0.2, -0.15) is 0 Å². The molecule has 0 heterocycles. The monoisotopic (exact) mass is 359 g/mol. The number of nitrogens with one attached hydrogen (secondary N) is 1. The zero-order valence-corrected chi connectivity index (χ0v) is 14.9. The molecule has 0 aliphatic carbocycles. The molecule has 4 heteroatoms. The Hall–Kier alpha value is -3.40. The van der Waals surface area contributed by atoms with Crippen LogP contribution >= 0.6 is 0 Å². The number of hydrogen-bond donors (Lipinski definition) is 1. The third-order valence-corrected chi connectivity index (χ3v) is 4.04. The van der Waals surface area contributed by atoms with Gasteiger partial charge in [-0.1, -0.05) is 60.7 Å². The SMILES string of the molecule is O=C(CCCOc1ccccc1)Nc1ccccc1C(=O)c1ccccc1. The van der Waals surface area contributed by atoms with Crippen molar-refractivity contribution in [3.8, 4) is 5.75 Å². The van der Waals surface area contributed by atoms with E-state index in [1.54, 1.807) is 36.4 Å². The summed E-state index contributed by atoms with van der Waals surface area (Å²) in [4.78, 5) is 25.0. The van der Waals surface area contributed by atoms with Crippen LogP contribution in [0.4, 0.5) is 5.69 Å². The minimum Gasteiger partial charge on any atom is -0.494 e. The smallest absolute Gasteiger partial charge is 0.224 e. The van der Waals surface area contributed by atoms with E-state index in [1.165, 1.54) is 0 Å². The molecule has 0 atom stereocenters. The van der Waals surface area contributed by atoms with Gasteiger partial charge in [-0.05, 0) is 30.7 Å². The van der Waals surface area contributed by atoms with Crippen LogP contribution in [0.5, 0.6) is 5.75 Å². The second-order valence-corrected chi connectivity index (χ2v) is 6.05. The topological polar surface area (TPSA) is 55.4 Å². The number of ether oxygens (including phenoxy) is 1. The second-order valence-electron chi connectivity index (χ2n) is 6.05. The quantitative estimate of drug-likeness (QED) is 0.468. The molecule has 0 aliphatic heterocycles. The molecule has 3 aromatic rings. The summed E-state index contributed by atoms with van der Waals surface area (Å²) in [6, 6.07) is 25.6. The van der Waals surface area contributed by atoms with E-state index in [4.69, 9.17) is 4.74 Å². The molecule has 4 nitrogen and oxygen atoms in total. The largest absolute Gasteiger partial charge is 0.494 e. The van der Waals surface area contributed by atoms with Gasteiger partial charge >= 0.3 is 0 Å². The van der Waals surface area contributed by atoms with Gasteiger partial charge in [0.25, 0.3) is 0 Å². The number of anilines is 1. The molecule has 3 aromatic carbocycles. The van der Waals surface area contributed by atoms with E-state index in [0.717, 1.165) is 5.75 Å². The van der Waals surface area contributed by atoms with Gasteiger partial charge in [0.15, 0.2) is 5.78 Å². The van der Waals surface area contributed by atoms with Crippen molar-refractivity contribution >= 4 is 17.4 Å². The Balaban J connectivity index is 1.56. The fourth-order valence-electron chi connectivity index (χ4n) is 2.69. The van der Waals surface area contributed by atoms with Crippen LogP contribution in [0.2, 0.25) is 0 Å². The van der Waals surface area contributed by atoms with Gasteiger partial charge in [0, 0.05) is 17.5 Å². The highest BCUT2D eigenvalue weighted by Gasteiger charge is 2.14. The van der Waals surface area contributed by atoms with E-state index >= 15 is 0 Å². The second kappa shape index (κ2) is 9.34. The zero-order valence-electron chi connectivity index (χ0n) is 14.9. The van der Waals surface area contributed by atoms with Crippen LogP contribution in [-0.4, -0.2) is 18.3 Å². The highest BCUT2D eigenvalue weighted by atomic mass is 16.5. The number of ketones is 1. The molecule has 0 radical (unpaired) electrons. The molecule has 0 aliphatic rings. The van der Waals surface area contributed by atoms with Gasteiger partial charge in [0.1, 0.15) is 5.75 Å². The van der Waals surface area contributed by atoms with Crippen molar-refractivity contribution in [3.63, 3.8) is 0 Å². The Kier molecular flexibility index (Phi) is 6.36. The standard InChI is InChI=1S/C23H21NO3/c25-22(16-9-17-27-19-12-5-2-6-13-19)24-21-15-8-7-14-20(21)23(26)18-10-3-1-4-11-18/h1-8,10-15H,9,16-17H2,(H,24,25). The zero-order chi connectivity index (χ0) is 18.9. The Morgan fingerprint density at radius 1 is 0.778 bits per heavy atom. The molecule has 0 spiro atoms. The predicted octanol–water partition coefficient (Wildman–Crippen LogP) is 4.72. The number of para-hydroxylation sites is 2. The van der Waals surface area contributed by atoms with Crippen molar-refractivity contribution in [2.45, 2.75) is 12.8 Å². The first-order chi connectivity index (χ1) is 13.2. The van der Waals surface area contributed by atoms with Crippen molar-refractivity contribution < 1.29 is 14.3 Å². The highest BCUT2D eigenvalue weighted by Crippen LogP contribution is 2.19. The van der Waals surface area contributed by atoms with Crippen molar-refractivity contribution in [3.05, 3.63) is 96.1 Å². The molecule has 0 saturated heterocycles. The van der Waals surface area contributed by atoms with Crippen molar-refractivity contribution in [1.29, 1.82) is 0 Å². The molecule has 27 heavy (non-hydrogen) atoms. The van der Waals surface area contributed by atoms with Gasteiger partial charge in [-0.3, -0.25) is 9.59 Å². The fraction of sp³-hybridized carbons (Fsp3) is 0.130. The summed E-state index contributed by atoms with van der Waals surface area (Å²) >= 11 is 0. The van der Waals surface area contributed by atoms with E-state index in [2.05, 4.69) is 5.32 Å². The first kappa shape index (κ1) is 18.4. The normalized spacial score (nSPS) is 10.2. The van der Waals surface area contributed by atoms with Gasteiger partial charge in [0.2, 0.25) is 5.91 Å². The lowest BCUT2D eigenvalue weighted by molar-refractivity contribution is -0.116. The summed E-state index contributed by atoms with van der Waals surface area (Å²) < 4.78 is 5.59. The fourth-order valence-corrected chi connectivity index (χ4v) is 2.69. The molecule has 1 amide bonds. The number of amides is 1. The molecule has 1 N–H and O–H groups in total. The third-order valence-electron chi connectivity index (χ3n) is 4.04. The third kappa shape index (κ3) is 5.28. The molecule has 3 rings (SSSR count). The number of carbonyl (C=O) groups is 2. The van der Waals surface area contributed by atoms with Gasteiger partial charge in [-0.15, -0.1) is 0 Å². The number of rotatable bonds is 8. The molecule has 0 saturated carbocycles. The van der Waals surface area contributed by atoms with Gasteiger partial charge < -0.3 is 10.1 Å². The van der Waals surface area contributed by atoms with Crippen LogP contribution in [-0.2, 0) is 4.79 Å². The molecule has 136 valence electrons. The van der Waals surface area contributed by atoms with E-state index in [-0.39, 0.29) is 11.7 Å². The molecule has 0 bridgehead atoms. The summed E-state index contributed by atoms with van der Waals surface area (Å²) in [7, 11) is 0. The number of benzene rings is 3. The van der Waals surface area contributed by atoms with Crippen molar-refractivity contribution in [1.82, 2.24) is 0 Å². The van der Waals surface area contributed by atoms with Crippen LogP contribution in [0.25, 0.3) is 0 Å². The predicted molar refractivity (Wildman–Crippen MR) is 106 cm³/mol. The van der Waals surface area contributed by atoms with E-state index in [0.29, 0.717) is 36.3 Å². The first-order valence-corrected chi connectivity index (χ1v) is 8.90. The lowest BCUT2D eigenvalue weighted by atomic mass is 10.0. The molecule has 0 aromatic heterocycles. The molecule has 0 unspecified atom stereocenters. The summed E-state index contributed by atoms with van der Waals surface area (Å²) in [6.07, 6.45) is 0.913. The maximum absolute atomic E-state index is 12.7. The van der Waals surface area contributed by atoms with E-state index in [9.17, 15) is 9.59 Å².